The molecule has 0 saturated heterocycles. The van der Waals surface area contributed by atoms with E-state index in [-0.39, 0.29) is 28.6 Å². The van der Waals surface area contributed by atoms with Crippen LogP contribution < -0.4 is 4.31 Å². The minimum absolute atomic E-state index is 0.0850. The molecule has 0 saturated carbocycles. The van der Waals surface area contributed by atoms with Gasteiger partial charge in [0.05, 0.1) is 9.82 Å². The first kappa shape index (κ1) is 14.4. The highest BCUT2D eigenvalue weighted by Gasteiger charge is 2.33. The van der Waals surface area contributed by atoms with Crippen molar-refractivity contribution in [3.63, 3.8) is 0 Å². The summed E-state index contributed by atoms with van der Waals surface area (Å²) in [4.78, 5) is 14.3. The van der Waals surface area contributed by atoms with Gasteiger partial charge in [-0.1, -0.05) is 6.07 Å². The fraction of sp³-hybridized carbons (Fsp3) is 0.333. The zero-order valence-corrected chi connectivity index (χ0v) is 12.5. The Kier molecular flexibility index (Phi) is 3.32. The summed E-state index contributed by atoms with van der Waals surface area (Å²) in [6.07, 6.45) is 1.90. The number of aryl methyl sites for hydroxylation is 1. The number of aromatic nitrogens is 3. The predicted octanol–water partition coefficient (Wildman–Crippen LogP) is 1.09. The Morgan fingerprint density at radius 2 is 2.09 bits per heavy atom. The summed E-state index contributed by atoms with van der Waals surface area (Å²) in [6, 6.07) is 4.02. The number of rotatable bonds is 3. The van der Waals surface area contributed by atoms with E-state index >= 15 is 0 Å². The van der Waals surface area contributed by atoms with Crippen molar-refractivity contribution < 1.29 is 13.3 Å². The summed E-state index contributed by atoms with van der Waals surface area (Å²) >= 11 is 0. The highest BCUT2D eigenvalue weighted by molar-refractivity contribution is 7.92. The van der Waals surface area contributed by atoms with Gasteiger partial charge in [-0.05, 0) is 19.4 Å². The molecule has 0 radical (unpaired) electrons. The standard InChI is InChI=1S/C12H13N5O4S/c1-9-10(17(18)19)4-2-5-11(9)22(20,21)16-7-3-6-15-12(16)13-8-14-15/h2,4-5,8H,3,6-7H2,1H3. The third kappa shape index (κ3) is 2.11. The minimum atomic E-state index is -3.93. The zero-order valence-electron chi connectivity index (χ0n) is 11.7. The lowest BCUT2D eigenvalue weighted by molar-refractivity contribution is -0.385. The topological polar surface area (TPSA) is 111 Å². The van der Waals surface area contributed by atoms with Gasteiger partial charge in [-0.2, -0.15) is 10.1 Å². The molecule has 22 heavy (non-hydrogen) atoms. The van der Waals surface area contributed by atoms with Crippen LogP contribution in [-0.4, -0.2) is 34.7 Å². The van der Waals surface area contributed by atoms with Gasteiger partial charge >= 0.3 is 0 Å². The molecule has 10 heteroatoms. The van der Waals surface area contributed by atoms with E-state index in [1.165, 1.54) is 36.1 Å². The molecule has 0 N–H and O–H groups in total. The van der Waals surface area contributed by atoms with Crippen molar-refractivity contribution in [2.24, 2.45) is 0 Å². The van der Waals surface area contributed by atoms with Crippen LogP contribution in [0.4, 0.5) is 11.6 Å². The van der Waals surface area contributed by atoms with E-state index in [1.807, 2.05) is 0 Å². The number of benzene rings is 1. The zero-order chi connectivity index (χ0) is 15.9. The maximum absolute atomic E-state index is 12.9. The number of nitro benzene ring substituents is 1. The van der Waals surface area contributed by atoms with E-state index in [9.17, 15) is 18.5 Å². The summed E-state index contributed by atoms with van der Waals surface area (Å²) in [7, 11) is -3.93. The quantitative estimate of drug-likeness (QED) is 0.617. The van der Waals surface area contributed by atoms with Crippen molar-refractivity contribution in [2.45, 2.75) is 24.8 Å². The van der Waals surface area contributed by atoms with Gasteiger partial charge in [-0.3, -0.25) is 10.1 Å². The third-order valence-corrected chi connectivity index (χ3v) is 5.49. The average molecular weight is 323 g/mol. The number of fused-ring (bicyclic) bond motifs is 1. The van der Waals surface area contributed by atoms with Gasteiger partial charge < -0.3 is 0 Å². The molecular formula is C12H13N5O4S. The smallest absolute Gasteiger partial charge is 0.258 e. The summed E-state index contributed by atoms with van der Waals surface area (Å²) in [5.74, 6) is 0.233. The second kappa shape index (κ2) is 5.05. The molecule has 1 aromatic heterocycles. The van der Waals surface area contributed by atoms with Crippen LogP contribution in [0.5, 0.6) is 0 Å². The van der Waals surface area contributed by atoms with Crippen molar-refractivity contribution in [2.75, 3.05) is 10.8 Å². The van der Waals surface area contributed by atoms with E-state index in [2.05, 4.69) is 10.1 Å². The van der Waals surface area contributed by atoms with Crippen molar-refractivity contribution in [3.05, 3.63) is 40.2 Å². The van der Waals surface area contributed by atoms with E-state index in [0.29, 0.717) is 13.0 Å². The molecule has 9 nitrogen and oxygen atoms in total. The highest BCUT2D eigenvalue weighted by Crippen LogP contribution is 2.30. The Balaban J connectivity index is 2.13. The molecule has 2 heterocycles. The molecule has 1 aromatic carbocycles. The number of nitro groups is 1. The Labute approximate surface area is 126 Å². The van der Waals surface area contributed by atoms with Gasteiger partial charge in [0.2, 0.25) is 5.95 Å². The molecule has 0 aliphatic carbocycles. The molecule has 1 aliphatic heterocycles. The Morgan fingerprint density at radius 1 is 1.32 bits per heavy atom. The summed E-state index contributed by atoms with van der Waals surface area (Å²) in [6.45, 7) is 2.29. The Bertz CT molecular complexity index is 845. The molecule has 2 aromatic rings. The number of anilines is 1. The van der Waals surface area contributed by atoms with Gasteiger partial charge in [0.1, 0.15) is 6.33 Å². The SMILES string of the molecule is Cc1c([N+](=O)[O-])cccc1S(=O)(=O)N1CCCn2ncnc21. The normalized spacial score (nSPS) is 14.7. The largest absolute Gasteiger partial charge is 0.273 e. The van der Waals surface area contributed by atoms with Crippen LogP contribution in [0.25, 0.3) is 0 Å². The lowest BCUT2D eigenvalue weighted by Gasteiger charge is -2.27. The number of hydrogen-bond donors (Lipinski definition) is 0. The minimum Gasteiger partial charge on any atom is -0.258 e. The Morgan fingerprint density at radius 3 is 2.82 bits per heavy atom. The van der Waals surface area contributed by atoms with Crippen molar-refractivity contribution in [3.8, 4) is 0 Å². The maximum Gasteiger partial charge on any atom is 0.273 e. The molecular weight excluding hydrogens is 310 g/mol. The van der Waals surface area contributed by atoms with Gasteiger partial charge in [0.25, 0.3) is 15.7 Å². The molecule has 0 bridgehead atoms. The van der Waals surface area contributed by atoms with E-state index in [0.717, 1.165) is 4.31 Å². The molecule has 1 aliphatic rings. The number of sulfonamides is 1. The Hall–Kier alpha value is -2.49. The van der Waals surface area contributed by atoms with Crippen LogP contribution in [0.2, 0.25) is 0 Å². The molecule has 116 valence electrons. The van der Waals surface area contributed by atoms with Gasteiger partial charge in [-0.15, -0.1) is 0 Å². The molecule has 0 spiro atoms. The summed E-state index contributed by atoms with van der Waals surface area (Å²) in [5.41, 5.74) is -0.108. The number of hydrogen-bond acceptors (Lipinski definition) is 6. The van der Waals surface area contributed by atoms with Crippen LogP contribution in [-0.2, 0) is 16.6 Å². The van der Waals surface area contributed by atoms with Crippen LogP contribution in [0.15, 0.2) is 29.4 Å². The van der Waals surface area contributed by atoms with Gasteiger partial charge in [0.15, 0.2) is 0 Å². The fourth-order valence-electron chi connectivity index (χ4n) is 2.50. The van der Waals surface area contributed by atoms with Gasteiger partial charge in [0, 0.05) is 24.7 Å². The summed E-state index contributed by atoms with van der Waals surface area (Å²) < 4.78 is 28.4. The lowest BCUT2D eigenvalue weighted by Crippen LogP contribution is -2.38. The maximum atomic E-state index is 12.9. The van der Waals surface area contributed by atoms with Crippen molar-refractivity contribution in [1.82, 2.24) is 14.8 Å². The van der Waals surface area contributed by atoms with Crippen LogP contribution in [0.1, 0.15) is 12.0 Å². The molecule has 0 unspecified atom stereocenters. The van der Waals surface area contributed by atoms with Crippen molar-refractivity contribution >= 4 is 21.7 Å². The molecule has 3 rings (SSSR count). The third-order valence-electron chi connectivity index (χ3n) is 3.57. The monoisotopic (exact) mass is 323 g/mol. The highest BCUT2D eigenvalue weighted by atomic mass is 32.2. The van der Waals surface area contributed by atoms with Gasteiger partial charge in [-0.25, -0.2) is 17.4 Å². The second-order valence-electron chi connectivity index (χ2n) is 4.87. The predicted molar refractivity (Wildman–Crippen MR) is 77.0 cm³/mol. The average Bonchev–Trinajstić information content (AvgIpc) is 2.94. The van der Waals surface area contributed by atoms with Crippen LogP contribution in [0.3, 0.4) is 0 Å². The van der Waals surface area contributed by atoms with Crippen molar-refractivity contribution in [1.29, 1.82) is 0 Å². The molecule has 0 atom stereocenters. The first-order chi connectivity index (χ1) is 10.4. The summed E-state index contributed by atoms with van der Waals surface area (Å²) in [5, 5.41) is 15.0. The van der Waals surface area contributed by atoms with Crippen LogP contribution >= 0.6 is 0 Å². The van der Waals surface area contributed by atoms with E-state index in [1.54, 1.807) is 0 Å². The first-order valence-electron chi connectivity index (χ1n) is 6.57. The number of nitrogens with zero attached hydrogens (tertiary/aromatic N) is 5. The lowest BCUT2D eigenvalue weighted by atomic mass is 10.2. The van der Waals surface area contributed by atoms with E-state index in [4.69, 9.17) is 0 Å². The van der Waals surface area contributed by atoms with Crippen LogP contribution in [0, 0.1) is 17.0 Å². The molecule has 0 amide bonds. The second-order valence-corrected chi connectivity index (χ2v) is 6.70. The molecule has 0 fully saturated rings. The first-order valence-corrected chi connectivity index (χ1v) is 8.01. The van der Waals surface area contributed by atoms with E-state index < -0.39 is 14.9 Å². The fourth-order valence-corrected chi connectivity index (χ4v) is 4.20.